The lowest BCUT2D eigenvalue weighted by molar-refractivity contribution is 0.0699. The zero-order valence-corrected chi connectivity index (χ0v) is 17.4. The Morgan fingerprint density at radius 2 is 1.83 bits per heavy atom. The number of carbonyl (C=O) groups is 2. The van der Waals surface area contributed by atoms with Crippen LogP contribution in [-0.4, -0.2) is 22.0 Å². The first-order valence-electron chi connectivity index (χ1n) is 8.54. The second-order valence-electron chi connectivity index (χ2n) is 6.51. The van der Waals surface area contributed by atoms with Crippen molar-refractivity contribution in [1.82, 2.24) is 4.98 Å². The molecule has 146 valence electrons. The van der Waals surface area contributed by atoms with Crippen LogP contribution in [0.3, 0.4) is 0 Å². The number of aryl methyl sites for hydroxylation is 1. The van der Waals surface area contributed by atoms with Crippen LogP contribution in [0, 0.1) is 6.92 Å². The zero-order valence-electron chi connectivity index (χ0n) is 15.0. The highest BCUT2D eigenvalue weighted by Crippen LogP contribution is 2.36. The van der Waals surface area contributed by atoms with Gasteiger partial charge in [-0.1, -0.05) is 53.0 Å². The summed E-state index contributed by atoms with van der Waals surface area (Å²) in [5, 5.41) is 16.0. The molecule has 1 amide bonds. The molecule has 29 heavy (non-hydrogen) atoms. The molecule has 0 aliphatic rings. The average Bonchev–Trinajstić information content (AvgIpc) is 3.27. The van der Waals surface area contributed by atoms with Gasteiger partial charge in [0.2, 0.25) is 0 Å². The van der Waals surface area contributed by atoms with Crippen molar-refractivity contribution in [3.63, 3.8) is 0 Å². The Morgan fingerprint density at radius 1 is 1.10 bits per heavy atom. The molecule has 0 radical (unpaired) electrons. The summed E-state index contributed by atoms with van der Waals surface area (Å²) in [6.07, 6.45) is 0. The van der Waals surface area contributed by atoms with Crippen molar-refractivity contribution in [2.24, 2.45) is 0 Å². The van der Waals surface area contributed by atoms with Gasteiger partial charge < -0.3 is 15.4 Å². The smallest absolute Gasteiger partial charge is 0.339 e. The number of carboxylic acids is 1. The number of hydrogen-bond acceptors (Lipinski definition) is 3. The Bertz CT molecular complexity index is 1260. The first-order valence-corrected chi connectivity index (χ1v) is 10.2. The number of fused-ring (bicyclic) bond motifs is 1. The molecular formula is C21H14Cl2N2O3S. The van der Waals surface area contributed by atoms with Crippen molar-refractivity contribution in [1.29, 1.82) is 0 Å². The molecule has 3 N–H and O–H groups in total. The number of carbonyl (C=O) groups excluding carboxylic acids is 1. The molecule has 0 aliphatic heterocycles. The van der Waals surface area contributed by atoms with E-state index in [1.165, 1.54) is 11.3 Å². The van der Waals surface area contributed by atoms with Crippen LogP contribution < -0.4 is 5.32 Å². The first-order chi connectivity index (χ1) is 13.8. The number of aromatic nitrogens is 1. The number of aromatic carboxylic acids is 1. The summed E-state index contributed by atoms with van der Waals surface area (Å²) in [6.45, 7) is 1.96. The van der Waals surface area contributed by atoms with Crippen LogP contribution in [0.25, 0.3) is 22.0 Å². The number of anilines is 1. The number of H-pyrrole nitrogens is 1. The number of nitrogens with one attached hydrogen (secondary N) is 2. The highest BCUT2D eigenvalue weighted by molar-refractivity contribution is 7.15. The van der Waals surface area contributed by atoms with Crippen LogP contribution >= 0.6 is 34.5 Å². The Balaban J connectivity index is 1.69. The van der Waals surface area contributed by atoms with E-state index < -0.39 is 11.9 Å². The summed E-state index contributed by atoms with van der Waals surface area (Å²) < 4.78 is 0. The molecule has 0 saturated heterocycles. The van der Waals surface area contributed by atoms with Gasteiger partial charge >= 0.3 is 5.97 Å². The fourth-order valence-corrected chi connectivity index (χ4v) is 4.57. The average molecular weight is 445 g/mol. The van der Waals surface area contributed by atoms with Crippen molar-refractivity contribution < 1.29 is 14.7 Å². The summed E-state index contributed by atoms with van der Waals surface area (Å²) in [5.74, 6) is -1.57. The standard InChI is InChI=1S/C21H14Cl2N2O3S/c1-10-2-4-11(5-3-10)14-9-29-20(18(14)21(27)28)25-19(26)17-8-13-15(23)6-12(22)7-16(13)24-17/h2-9,24H,1H3,(H,25,26)(H,27,28). The Labute approximate surface area is 179 Å². The van der Waals surface area contributed by atoms with Crippen LogP contribution in [-0.2, 0) is 0 Å². The van der Waals surface area contributed by atoms with E-state index in [1.807, 2.05) is 31.2 Å². The molecule has 2 heterocycles. The molecule has 0 bridgehead atoms. The van der Waals surface area contributed by atoms with E-state index in [2.05, 4.69) is 10.3 Å². The largest absolute Gasteiger partial charge is 0.478 e. The summed E-state index contributed by atoms with van der Waals surface area (Å²) in [4.78, 5) is 27.6. The van der Waals surface area contributed by atoms with Gasteiger partial charge in [0.05, 0.1) is 5.02 Å². The lowest BCUT2D eigenvalue weighted by atomic mass is 10.0. The molecule has 4 aromatic rings. The lowest BCUT2D eigenvalue weighted by Crippen LogP contribution is -2.13. The van der Waals surface area contributed by atoms with E-state index >= 15 is 0 Å². The molecule has 0 saturated carbocycles. The predicted octanol–water partition coefficient (Wildman–Crippen LogP) is 6.46. The van der Waals surface area contributed by atoms with E-state index in [4.69, 9.17) is 23.2 Å². The van der Waals surface area contributed by atoms with Gasteiger partial charge in [0.1, 0.15) is 16.3 Å². The van der Waals surface area contributed by atoms with Gasteiger partial charge in [0.15, 0.2) is 0 Å². The van der Waals surface area contributed by atoms with Gasteiger partial charge in [0.25, 0.3) is 5.91 Å². The van der Waals surface area contributed by atoms with E-state index in [-0.39, 0.29) is 16.3 Å². The van der Waals surface area contributed by atoms with Gasteiger partial charge in [0, 0.05) is 26.9 Å². The third kappa shape index (κ3) is 3.74. The molecule has 5 nitrogen and oxygen atoms in total. The highest BCUT2D eigenvalue weighted by Gasteiger charge is 2.22. The summed E-state index contributed by atoms with van der Waals surface area (Å²) >= 11 is 13.3. The van der Waals surface area contributed by atoms with Crippen LogP contribution in [0.1, 0.15) is 26.4 Å². The number of benzene rings is 2. The van der Waals surface area contributed by atoms with Crippen LogP contribution in [0.5, 0.6) is 0 Å². The molecule has 2 aromatic heterocycles. The molecular weight excluding hydrogens is 431 g/mol. The minimum absolute atomic E-state index is 0.0596. The summed E-state index contributed by atoms with van der Waals surface area (Å²) in [7, 11) is 0. The minimum Gasteiger partial charge on any atom is -0.478 e. The van der Waals surface area contributed by atoms with Gasteiger partial charge in [-0.25, -0.2) is 4.79 Å². The van der Waals surface area contributed by atoms with Crippen LogP contribution in [0.4, 0.5) is 5.00 Å². The topological polar surface area (TPSA) is 82.2 Å². The second kappa shape index (κ2) is 7.55. The number of thiophene rings is 1. The monoisotopic (exact) mass is 444 g/mol. The molecule has 0 unspecified atom stereocenters. The van der Waals surface area contributed by atoms with Crippen molar-refractivity contribution in [2.75, 3.05) is 5.32 Å². The number of rotatable bonds is 4. The number of carboxylic acid groups (broad SMARTS) is 1. The molecule has 0 aliphatic carbocycles. The third-order valence-electron chi connectivity index (χ3n) is 4.49. The number of hydrogen-bond donors (Lipinski definition) is 3. The number of aromatic amines is 1. The Morgan fingerprint density at radius 3 is 2.52 bits per heavy atom. The van der Waals surface area contributed by atoms with Crippen LogP contribution in [0.2, 0.25) is 10.0 Å². The second-order valence-corrected chi connectivity index (χ2v) is 8.23. The number of halogens is 2. The van der Waals surface area contributed by atoms with Gasteiger partial charge in [-0.15, -0.1) is 11.3 Å². The zero-order chi connectivity index (χ0) is 20.7. The van der Waals surface area contributed by atoms with E-state index in [1.54, 1.807) is 23.6 Å². The Hall–Kier alpha value is -2.80. The molecule has 0 spiro atoms. The van der Waals surface area contributed by atoms with Gasteiger partial charge in [-0.2, -0.15) is 0 Å². The predicted molar refractivity (Wildman–Crippen MR) is 118 cm³/mol. The maximum absolute atomic E-state index is 12.7. The van der Waals surface area contributed by atoms with E-state index in [0.717, 1.165) is 11.1 Å². The third-order valence-corrected chi connectivity index (χ3v) is 5.92. The summed E-state index contributed by atoms with van der Waals surface area (Å²) in [6, 6.07) is 12.4. The normalized spacial score (nSPS) is 11.0. The van der Waals surface area contributed by atoms with Crippen molar-refractivity contribution in [3.05, 3.63) is 74.7 Å². The fraction of sp³-hybridized carbons (Fsp3) is 0.0476. The molecule has 2 aromatic carbocycles. The van der Waals surface area contributed by atoms with Crippen LogP contribution in [0.15, 0.2) is 47.8 Å². The van der Waals surface area contributed by atoms with Gasteiger partial charge in [-0.3, -0.25) is 4.79 Å². The first kappa shape index (κ1) is 19.5. The fourth-order valence-electron chi connectivity index (χ4n) is 3.06. The van der Waals surface area contributed by atoms with Gasteiger partial charge in [-0.05, 0) is 30.7 Å². The quantitative estimate of drug-likeness (QED) is 0.337. The molecule has 4 rings (SSSR count). The number of amides is 1. The highest BCUT2D eigenvalue weighted by atomic mass is 35.5. The van der Waals surface area contributed by atoms with E-state index in [0.29, 0.717) is 26.5 Å². The van der Waals surface area contributed by atoms with E-state index in [9.17, 15) is 14.7 Å². The lowest BCUT2D eigenvalue weighted by Gasteiger charge is -2.05. The maximum Gasteiger partial charge on any atom is 0.339 e. The molecule has 0 fully saturated rings. The molecule has 0 atom stereocenters. The maximum atomic E-state index is 12.7. The molecule has 8 heteroatoms. The van der Waals surface area contributed by atoms with Crippen molar-refractivity contribution in [3.8, 4) is 11.1 Å². The summed E-state index contributed by atoms with van der Waals surface area (Å²) in [5.41, 5.74) is 3.35. The SMILES string of the molecule is Cc1ccc(-c2csc(NC(=O)c3cc4c(Cl)cc(Cl)cc4[nH]3)c2C(=O)O)cc1. The minimum atomic E-state index is -1.11. The van der Waals surface area contributed by atoms with Crippen molar-refractivity contribution in [2.45, 2.75) is 6.92 Å². The Kier molecular flexibility index (Phi) is 5.08. The van der Waals surface area contributed by atoms with Crippen molar-refractivity contribution >= 4 is 62.3 Å².